The largest absolute Gasteiger partial charge is 0.366 e. The summed E-state index contributed by atoms with van der Waals surface area (Å²) in [7, 11) is 0. The Morgan fingerprint density at radius 2 is 2.00 bits per heavy atom. The molecule has 2 N–H and O–H groups in total. The Labute approximate surface area is 102 Å². The fourth-order valence-corrected chi connectivity index (χ4v) is 2.20. The predicted octanol–water partition coefficient (Wildman–Crippen LogP) is 2.61. The van der Waals surface area contributed by atoms with E-state index in [2.05, 4.69) is 4.98 Å². The lowest BCUT2D eigenvalue weighted by Gasteiger charge is -2.28. The van der Waals surface area contributed by atoms with Crippen LogP contribution in [0, 0.1) is 5.82 Å². The number of pyridine rings is 1. The third-order valence-corrected chi connectivity index (χ3v) is 3.26. The van der Waals surface area contributed by atoms with Crippen LogP contribution in [0.2, 0.25) is 0 Å². The highest BCUT2D eigenvalue weighted by atomic mass is 19.3. The van der Waals surface area contributed by atoms with E-state index in [1.165, 1.54) is 6.20 Å². The van der Waals surface area contributed by atoms with Crippen LogP contribution in [0.25, 0.3) is 0 Å². The van der Waals surface area contributed by atoms with Gasteiger partial charge in [-0.25, -0.2) is 13.2 Å². The fraction of sp³-hybridized carbons (Fsp3) is 0.500. The van der Waals surface area contributed by atoms with Crippen LogP contribution < -0.4 is 5.73 Å². The van der Waals surface area contributed by atoms with Gasteiger partial charge in [0.1, 0.15) is 5.82 Å². The van der Waals surface area contributed by atoms with E-state index in [4.69, 9.17) is 5.73 Å². The minimum Gasteiger partial charge on any atom is -0.366 e. The first-order chi connectivity index (χ1) is 8.39. The Morgan fingerprint density at radius 1 is 1.39 bits per heavy atom. The molecule has 1 saturated carbocycles. The van der Waals surface area contributed by atoms with Crippen molar-refractivity contribution in [3.8, 4) is 0 Å². The number of amides is 1. The van der Waals surface area contributed by atoms with Gasteiger partial charge in [-0.1, -0.05) is 0 Å². The minimum atomic E-state index is -2.65. The van der Waals surface area contributed by atoms with Gasteiger partial charge >= 0.3 is 0 Å². The molecular weight excluding hydrogens is 245 g/mol. The monoisotopic (exact) mass is 258 g/mol. The summed E-state index contributed by atoms with van der Waals surface area (Å²) < 4.78 is 39.7. The van der Waals surface area contributed by atoms with Crippen LogP contribution in [0.3, 0.4) is 0 Å². The third-order valence-electron chi connectivity index (χ3n) is 3.26. The molecule has 1 heterocycles. The quantitative estimate of drug-likeness (QED) is 0.886. The smallest absolute Gasteiger partial charge is 0.250 e. The van der Waals surface area contributed by atoms with Crippen molar-refractivity contribution in [2.75, 3.05) is 0 Å². The number of nitrogens with zero attached hydrogens (tertiary/aromatic N) is 1. The highest BCUT2D eigenvalue weighted by molar-refractivity contribution is 5.92. The van der Waals surface area contributed by atoms with E-state index >= 15 is 0 Å². The molecule has 0 unspecified atom stereocenters. The summed E-state index contributed by atoms with van der Waals surface area (Å²) in [5.41, 5.74) is 5.13. The van der Waals surface area contributed by atoms with Crippen molar-refractivity contribution in [3.63, 3.8) is 0 Å². The molecule has 1 aliphatic rings. The normalized spacial score (nSPS) is 19.7. The van der Waals surface area contributed by atoms with E-state index < -0.39 is 17.6 Å². The summed E-state index contributed by atoms with van der Waals surface area (Å²) in [4.78, 5) is 14.7. The van der Waals surface area contributed by atoms with E-state index in [1.807, 2.05) is 0 Å². The van der Waals surface area contributed by atoms with Crippen LogP contribution in [-0.4, -0.2) is 16.8 Å². The second-order valence-electron chi connectivity index (χ2n) is 4.59. The topological polar surface area (TPSA) is 56.0 Å². The molecule has 0 radical (unpaired) electrons. The average Bonchev–Trinajstić information content (AvgIpc) is 2.29. The molecule has 0 atom stereocenters. The van der Waals surface area contributed by atoms with Crippen LogP contribution in [0.4, 0.5) is 13.2 Å². The van der Waals surface area contributed by atoms with E-state index in [9.17, 15) is 18.0 Å². The molecule has 0 spiro atoms. The molecule has 0 aliphatic heterocycles. The van der Waals surface area contributed by atoms with Gasteiger partial charge in [-0.3, -0.25) is 9.78 Å². The molecule has 6 heteroatoms. The molecule has 0 saturated heterocycles. The van der Waals surface area contributed by atoms with Gasteiger partial charge in [0.25, 0.3) is 0 Å². The van der Waals surface area contributed by atoms with Gasteiger partial charge in [0.15, 0.2) is 0 Å². The maximum atomic E-state index is 13.7. The number of hydrogen-bond acceptors (Lipinski definition) is 2. The summed E-state index contributed by atoms with van der Waals surface area (Å²) >= 11 is 0. The van der Waals surface area contributed by atoms with E-state index in [0.29, 0.717) is 0 Å². The van der Waals surface area contributed by atoms with Crippen molar-refractivity contribution in [1.29, 1.82) is 0 Å². The first-order valence-corrected chi connectivity index (χ1v) is 5.72. The summed E-state index contributed by atoms with van der Waals surface area (Å²) in [6.07, 6.45) is 1.08. The average molecular weight is 258 g/mol. The lowest BCUT2D eigenvalue weighted by atomic mass is 9.84. The summed E-state index contributed by atoms with van der Waals surface area (Å²) in [6.45, 7) is 0. The zero-order valence-electron chi connectivity index (χ0n) is 9.63. The number of rotatable bonds is 2. The van der Waals surface area contributed by atoms with Gasteiger partial charge in [-0.15, -0.1) is 0 Å². The first kappa shape index (κ1) is 12.9. The van der Waals surface area contributed by atoms with Crippen LogP contribution >= 0.6 is 0 Å². The predicted molar refractivity (Wildman–Crippen MR) is 58.9 cm³/mol. The Morgan fingerprint density at radius 3 is 2.50 bits per heavy atom. The van der Waals surface area contributed by atoms with Gasteiger partial charge in [-0.2, -0.15) is 0 Å². The SMILES string of the molecule is NC(=O)c1cnc(C2CCC(F)(F)CC2)c(F)c1. The molecule has 1 aromatic rings. The van der Waals surface area contributed by atoms with E-state index in [1.54, 1.807) is 0 Å². The van der Waals surface area contributed by atoms with Gasteiger partial charge in [0.05, 0.1) is 11.3 Å². The standard InChI is InChI=1S/C12H13F3N2O/c13-9-5-8(11(16)18)6-17-10(9)7-1-3-12(14,15)4-2-7/h5-7H,1-4H2,(H2,16,18). The second-order valence-corrected chi connectivity index (χ2v) is 4.59. The maximum absolute atomic E-state index is 13.7. The molecule has 1 amide bonds. The van der Waals surface area contributed by atoms with Gasteiger partial charge in [-0.05, 0) is 18.9 Å². The molecule has 18 heavy (non-hydrogen) atoms. The van der Waals surface area contributed by atoms with E-state index in [-0.39, 0.29) is 42.9 Å². The summed E-state index contributed by atoms with van der Waals surface area (Å²) in [5.74, 6) is -4.38. The molecule has 0 bridgehead atoms. The number of primary amides is 1. The molecular formula is C12H13F3N2O. The summed E-state index contributed by atoms with van der Waals surface area (Å²) in [5, 5.41) is 0. The molecule has 98 valence electrons. The molecule has 0 aromatic carbocycles. The Kier molecular flexibility index (Phi) is 3.28. The second kappa shape index (κ2) is 4.59. The van der Waals surface area contributed by atoms with Gasteiger partial charge in [0, 0.05) is 25.0 Å². The van der Waals surface area contributed by atoms with Gasteiger partial charge in [0.2, 0.25) is 11.8 Å². The van der Waals surface area contributed by atoms with Crippen molar-refractivity contribution in [3.05, 3.63) is 29.3 Å². The number of carbonyl (C=O) groups is 1. The molecule has 2 rings (SSSR count). The zero-order valence-corrected chi connectivity index (χ0v) is 9.63. The van der Waals surface area contributed by atoms with E-state index in [0.717, 1.165) is 6.07 Å². The molecule has 1 fully saturated rings. The number of aromatic nitrogens is 1. The first-order valence-electron chi connectivity index (χ1n) is 5.72. The van der Waals surface area contributed by atoms with Crippen LogP contribution in [0.5, 0.6) is 0 Å². The Bertz CT molecular complexity index is 466. The van der Waals surface area contributed by atoms with Crippen molar-refractivity contribution >= 4 is 5.91 Å². The number of carbonyl (C=O) groups excluding carboxylic acids is 1. The molecule has 1 aromatic heterocycles. The van der Waals surface area contributed by atoms with Crippen LogP contribution in [0.1, 0.15) is 47.7 Å². The lowest BCUT2D eigenvalue weighted by Crippen LogP contribution is -2.24. The Hall–Kier alpha value is -1.59. The number of nitrogens with two attached hydrogens (primary N) is 1. The van der Waals surface area contributed by atoms with Crippen LogP contribution in [-0.2, 0) is 0 Å². The minimum absolute atomic E-state index is 0.0163. The summed E-state index contributed by atoms with van der Waals surface area (Å²) in [6, 6.07) is 1.01. The number of halogens is 3. The third kappa shape index (κ3) is 2.63. The number of hydrogen-bond donors (Lipinski definition) is 1. The molecule has 3 nitrogen and oxygen atoms in total. The zero-order chi connectivity index (χ0) is 13.3. The highest BCUT2D eigenvalue weighted by Gasteiger charge is 2.36. The van der Waals surface area contributed by atoms with Crippen LogP contribution in [0.15, 0.2) is 12.3 Å². The fourth-order valence-electron chi connectivity index (χ4n) is 2.20. The van der Waals surface area contributed by atoms with Crippen molar-refractivity contribution < 1.29 is 18.0 Å². The van der Waals surface area contributed by atoms with Gasteiger partial charge < -0.3 is 5.73 Å². The lowest BCUT2D eigenvalue weighted by molar-refractivity contribution is -0.0387. The highest BCUT2D eigenvalue weighted by Crippen LogP contribution is 2.40. The van der Waals surface area contributed by atoms with Crippen molar-refractivity contribution in [2.24, 2.45) is 5.73 Å². The van der Waals surface area contributed by atoms with Crippen molar-refractivity contribution in [2.45, 2.75) is 37.5 Å². The maximum Gasteiger partial charge on any atom is 0.250 e. The Balaban J connectivity index is 2.17. The molecule has 1 aliphatic carbocycles. The number of alkyl halides is 2. The van der Waals surface area contributed by atoms with Crippen molar-refractivity contribution in [1.82, 2.24) is 4.98 Å².